The Labute approximate surface area is 201 Å². The maximum absolute atomic E-state index is 13.0. The molecule has 5 rings (SSSR count). The van der Waals surface area contributed by atoms with Crippen LogP contribution in [0.5, 0.6) is 5.75 Å². The minimum Gasteiger partial charge on any atom is -0.489 e. The molecule has 8 heteroatoms. The van der Waals surface area contributed by atoms with E-state index in [1.165, 1.54) is 32.1 Å². The summed E-state index contributed by atoms with van der Waals surface area (Å²) in [6.45, 7) is 3.77. The van der Waals surface area contributed by atoms with E-state index < -0.39 is 12.3 Å². The smallest absolute Gasteiger partial charge is 0.254 e. The molecule has 2 amide bonds. The molecule has 0 bridgehead atoms. The van der Waals surface area contributed by atoms with Gasteiger partial charge in [0.25, 0.3) is 5.91 Å². The highest BCUT2D eigenvalue weighted by atomic mass is 16.5. The monoisotopic (exact) mass is 470 g/mol. The molecule has 0 aromatic heterocycles. The van der Waals surface area contributed by atoms with Gasteiger partial charge in [0, 0.05) is 24.6 Å². The van der Waals surface area contributed by atoms with E-state index in [2.05, 4.69) is 16.0 Å². The second-order valence-corrected chi connectivity index (χ2v) is 10.4. The van der Waals surface area contributed by atoms with Gasteiger partial charge in [-0.05, 0) is 94.3 Å². The van der Waals surface area contributed by atoms with Crippen molar-refractivity contribution in [3.05, 3.63) is 29.3 Å². The van der Waals surface area contributed by atoms with Crippen LogP contribution in [0, 0.1) is 5.92 Å². The van der Waals surface area contributed by atoms with Gasteiger partial charge in [0.1, 0.15) is 18.1 Å². The van der Waals surface area contributed by atoms with E-state index >= 15 is 0 Å². The van der Waals surface area contributed by atoms with Crippen LogP contribution in [0.3, 0.4) is 0 Å². The lowest BCUT2D eigenvalue weighted by Crippen LogP contribution is -2.55. The SMILES string of the molecule is O=C1CCC(N2Cc3cc(O[C@H]4CCCC[C@@H]4NCCC4CCNCC4)ccc3C2=O)C(O)N1. The highest BCUT2D eigenvalue weighted by Gasteiger charge is 2.39. The molecule has 8 nitrogen and oxygen atoms in total. The van der Waals surface area contributed by atoms with E-state index in [-0.39, 0.29) is 17.9 Å². The van der Waals surface area contributed by atoms with Crippen molar-refractivity contribution in [2.24, 2.45) is 5.92 Å². The van der Waals surface area contributed by atoms with Gasteiger partial charge in [-0.25, -0.2) is 0 Å². The minimum absolute atomic E-state index is 0.0862. The van der Waals surface area contributed by atoms with Crippen LogP contribution >= 0.6 is 0 Å². The third-order valence-corrected chi connectivity index (χ3v) is 8.06. The molecule has 2 saturated heterocycles. The number of fused-ring (bicyclic) bond motifs is 1. The molecule has 34 heavy (non-hydrogen) atoms. The molecule has 3 fully saturated rings. The van der Waals surface area contributed by atoms with E-state index in [0.717, 1.165) is 49.7 Å². The van der Waals surface area contributed by atoms with Crippen LogP contribution in [-0.2, 0) is 11.3 Å². The molecule has 186 valence electrons. The average molecular weight is 471 g/mol. The number of aliphatic hydroxyl groups is 1. The van der Waals surface area contributed by atoms with Gasteiger partial charge in [0.15, 0.2) is 0 Å². The van der Waals surface area contributed by atoms with Crippen LogP contribution in [0.4, 0.5) is 0 Å². The first-order valence-electron chi connectivity index (χ1n) is 13.1. The first kappa shape index (κ1) is 23.6. The third-order valence-electron chi connectivity index (χ3n) is 8.06. The van der Waals surface area contributed by atoms with E-state index in [9.17, 15) is 14.7 Å². The van der Waals surface area contributed by atoms with Gasteiger partial charge in [0.2, 0.25) is 5.91 Å². The number of hydrogen-bond acceptors (Lipinski definition) is 6. The Bertz CT molecular complexity index is 888. The number of carbonyl (C=O) groups is 2. The number of nitrogens with zero attached hydrogens (tertiary/aromatic N) is 1. The zero-order chi connectivity index (χ0) is 23.5. The summed E-state index contributed by atoms with van der Waals surface area (Å²) in [4.78, 5) is 26.2. The van der Waals surface area contributed by atoms with Gasteiger partial charge >= 0.3 is 0 Å². The average Bonchev–Trinajstić information content (AvgIpc) is 3.16. The highest BCUT2D eigenvalue weighted by Crippen LogP contribution is 2.32. The van der Waals surface area contributed by atoms with Crippen LogP contribution in [0.1, 0.15) is 73.7 Å². The molecular weight excluding hydrogens is 432 g/mol. The van der Waals surface area contributed by atoms with Gasteiger partial charge < -0.3 is 30.7 Å². The Morgan fingerprint density at radius 3 is 2.74 bits per heavy atom. The standard InChI is InChI=1S/C26H38N4O4/c31-24-8-7-22(25(32)29-24)30-16-18-15-19(5-6-20(18)26(30)33)34-23-4-2-1-3-21(23)28-14-11-17-9-12-27-13-10-17/h5-6,15,17,21-23,25,27-28,32H,1-4,7-14,16H2,(H,29,31)/t21-,22?,23-,25?/m0/s1. The number of carbonyl (C=O) groups excluding carboxylic acids is 2. The Kier molecular flexibility index (Phi) is 7.37. The Morgan fingerprint density at radius 2 is 1.91 bits per heavy atom. The zero-order valence-corrected chi connectivity index (χ0v) is 19.9. The lowest BCUT2D eigenvalue weighted by atomic mass is 9.91. The van der Waals surface area contributed by atoms with E-state index in [0.29, 0.717) is 31.0 Å². The molecule has 4 N–H and O–H groups in total. The Hall–Kier alpha value is -2.16. The number of piperidine rings is 2. The molecule has 4 aliphatic rings. The van der Waals surface area contributed by atoms with E-state index in [1.54, 1.807) is 4.90 Å². The maximum Gasteiger partial charge on any atom is 0.254 e. The zero-order valence-electron chi connectivity index (χ0n) is 19.9. The predicted octanol–water partition coefficient (Wildman–Crippen LogP) is 1.91. The van der Waals surface area contributed by atoms with Gasteiger partial charge in [-0.2, -0.15) is 0 Å². The summed E-state index contributed by atoms with van der Waals surface area (Å²) in [5.74, 6) is 1.37. The first-order chi connectivity index (χ1) is 16.6. The molecular formula is C26H38N4O4. The molecule has 1 saturated carbocycles. The van der Waals surface area contributed by atoms with Crippen molar-refractivity contribution in [2.45, 2.75) is 88.7 Å². The second-order valence-electron chi connectivity index (χ2n) is 10.4. The molecule has 4 atom stereocenters. The molecule has 0 radical (unpaired) electrons. The van der Waals surface area contributed by atoms with Crippen LogP contribution in [0.15, 0.2) is 18.2 Å². The second kappa shape index (κ2) is 10.6. The van der Waals surface area contributed by atoms with E-state index in [1.807, 2.05) is 18.2 Å². The van der Waals surface area contributed by atoms with Gasteiger partial charge in [0.05, 0.1) is 6.04 Å². The summed E-state index contributed by atoms with van der Waals surface area (Å²) in [6.07, 6.45) is 8.31. The molecule has 1 aromatic carbocycles. The summed E-state index contributed by atoms with van der Waals surface area (Å²) >= 11 is 0. The predicted molar refractivity (Wildman–Crippen MR) is 128 cm³/mol. The Balaban J connectivity index is 1.19. The van der Waals surface area contributed by atoms with Crippen LogP contribution in [0.2, 0.25) is 0 Å². The number of aliphatic hydroxyl groups excluding tert-OH is 1. The van der Waals surface area contributed by atoms with Crippen molar-refractivity contribution in [3.63, 3.8) is 0 Å². The number of hydrogen-bond donors (Lipinski definition) is 4. The first-order valence-corrected chi connectivity index (χ1v) is 13.1. The van der Waals surface area contributed by atoms with Gasteiger partial charge in [-0.15, -0.1) is 0 Å². The minimum atomic E-state index is -1.02. The largest absolute Gasteiger partial charge is 0.489 e. The number of nitrogens with one attached hydrogen (secondary N) is 3. The molecule has 0 spiro atoms. The molecule has 2 unspecified atom stereocenters. The normalized spacial score (nSPS) is 30.2. The molecule has 1 aliphatic carbocycles. The molecule has 1 aromatic rings. The van der Waals surface area contributed by atoms with Crippen LogP contribution in [-0.4, -0.2) is 65.9 Å². The van der Waals surface area contributed by atoms with Gasteiger partial charge in [-0.3, -0.25) is 9.59 Å². The fourth-order valence-electron chi connectivity index (χ4n) is 6.05. The number of amides is 2. The van der Waals surface area contributed by atoms with Crippen LogP contribution in [0.25, 0.3) is 0 Å². The van der Waals surface area contributed by atoms with Gasteiger partial charge in [-0.1, -0.05) is 6.42 Å². The third kappa shape index (κ3) is 5.24. The topological polar surface area (TPSA) is 103 Å². The summed E-state index contributed by atoms with van der Waals surface area (Å²) in [5.41, 5.74) is 1.59. The van der Waals surface area contributed by atoms with Crippen molar-refractivity contribution in [1.82, 2.24) is 20.9 Å². The Morgan fingerprint density at radius 1 is 1.09 bits per heavy atom. The summed E-state index contributed by atoms with van der Waals surface area (Å²) < 4.78 is 6.48. The van der Waals surface area contributed by atoms with Crippen molar-refractivity contribution in [2.75, 3.05) is 19.6 Å². The fourth-order valence-corrected chi connectivity index (χ4v) is 6.05. The fraction of sp³-hybridized carbons (Fsp3) is 0.692. The molecule has 3 aliphatic heterocycles. The maximum atomic E-state index is 13.0. The lowest BCUT2D eigenvalue weighted by molar-refractivity contribution is -0.129. The molecule has 3 heterocycles. The van der Waals surface area contributed by atoms with Crippen molar-refractivity contribution >= 4 is 11.8 Å². The number of rotatable bonds is 7. The van der Waals surface area contributed by atoms with Crippen molar-refractivity contribution in [1.29, 1.82) is 0 Å². The van der Waals surface area contributed by atoms with Crippen LogP contribution < -0.4 is 20.7 Å². The quantitative estimate of drug-likeness (QED) is 0.486. The number of ether oxygens (including phenoxy) is 1. The lowest BCUT2D eigenvalue weighted by Gasteiger charge is -2.35. The summed E-state index contributed by atoms with van der Waals surface area (Å²) in [7, 11) is 0. The van der Waals surface area contributed by atoms with Crippen molar-refractivity contribution < 1.29 is 19.4 Å². The van der Waals surface area contributed by atoms with Crippen molar-refractivity contribution in [3.8, 4) is 5.75 Å². The van der Waals surface area contributed by atoms with E-state index in [4.69, 9.17) is 4.74 Å². The number of benzene rings is 1. The summed E-state index contributed by atoms with van der Waals surface area (Å²) in [5, 5.41) is 20.1. The summed E-state index contributed by atoms with van der Waals surface area (Å²) in [6, 6.07) is 5.71. The highest BCUT2D eigenvalue weighted by molar-refractivity contribution is 5.99.